The van der Waals surface area contributed by atoms with Gasteiger partial charge in [-0.1, -0.05) is 24.3 Å². The van der Waals surface area contributed by atoms with Gasteiger partial charge in [-0.25, -0.2) is 18.2 Å². The lowest BCUT2D eigenvalue weighted by Crippen LogP contribution is -2.29. The maximum atomic E-state index is 14.5. The molecule has 1 heterocycles. The van der Waals surface area contributed by atoms with E-state index in [1.54, 1.807) is 12.2 Å². The molecule has 10 heteroatoms. The third kappa shape index (κ3) is 5.36. The number of hydrogen-bond acceptors (Lipinski definition) is 3. The van der Waals surface area contributed by atoms with Crippen molar-refractivity contribution in [1.82, 2.24) is 5.01 Å². The van der Waals surface area contributed by atoms with Crippen LogP contribution < -0.4 is 4.90 Å². The van der Waals surface area contributed by atoms with Crippen molar-refractivity contribution < 1.29 is 31.1 Å². The molecule has 0 N–H and O–H groups in total. The van der Waals surface area contributed by atoms with Gasteiger partial charge in [0.05, 0.1) is 22.5 Å². The average molecular weight is 541 g/mol. The highest BCUT2D eigenvalue weighted by molar-refractivity contribution is 6.07. The van der Waals surface area contributed by atoms with Gasteiger partial charge in [0, 0.05) is 30.6 Å². The van der Waals surface area contributed by atoms with E-state index in [0.717, 1.165) is 35.2 Å². The summed E-state index contributed by atoms with van der Waals surface area (Å²) in [5, 5.41) is 5.22. The Bertz CT molecular complexity index is 1540. The van der Waals surface area contributed by atoms with Crippen molar-refractivity contribution in [3.8, 4) is 0 Å². The van der Waals surface area contributed by atoms with Crippen molar-refractivity contribution in [1.29, 1.82) is 0 Å². The SMILES string of the molecule is C=NN1C(c2ccc(C(F)(F)F)c(C(=O)N(C)c3ccc(F)cc3)c2)=CC=C/C1=C(/C)c1cccc(F)c1F. The second-order valence-corrected chi connectivity index (χ2v) is 8.57. The Kier molecular flexibility index (Phi) is 7.49. The molecule has 1 amide bonds. The largest absolute Gasteiger partial charge is 0.417 e. The first kappa shape index (κ1) is 27.4. The molecule has 3 aromatic rings. The second-order valence-electron chi connectivity index (χ2n) is 8.57. The van der Waals surface area contributed by atoms with Gasteiger partial charge in [-0.15, -0.1) is 0 Å². The maximum Gasteiger partial charge on any atom is 0.417 e. The summed E-state index contributed by atoms with van der Waals surface area (Å²) in [6.07, 6.45) is -0.179. The number of nitrogens with zero attached hydrogens (tertiary/aromatic N) is 3. The number of benzene rings is 3. The van der Waals surface area contributed by atoms with Crippen molar-refractivity contribution in [3.05, 3.63) is 124 Å². The molecule has 0 radical (unpaired) electrons. The number of rotatable bonds is 5. The van der Waals surface area contributed by atoms with E-state index in [4.69, 9.17) is 0 Å². The number of carbonyl (C=O) groups is 1. The summed E-state index contributed by atoms with van der Waals surface area (Å²) in [6, 6.07) is 11.5. The Morgan fingerprint density at radius 2 is 1.67 bits per heavy atom. The third-order valence-corrected chi connectivity index (χ3v) is 6.22. The summed E-state index contributed by atoms with van der Waals surface area (Å²) in [5.74, 6) is -3.65. The first-order chi connectivity index (χ1) is 18.4. The second kappa shape index (κ2) is 10.6. The van der Waals surface area contributed by atoms with Crippen LogP contribution in [0.1, 0.15) is 34.0 Å². The van der Waals surface area contributed by atoms with Crippen LogP contribution in [0.25, 0.3) is 11.3 Å². The maximum absolute atomic E-state index is 14.5. The fourth-order valence-corrected chi connectivity index (χ4v) is 4.18. The van der Waals surface area contributed by atoms with E-state index in [9.17, 15) is 31.1 Å². The number of amides is 1. The Labute approximate surface area is 220 Å². The van der Waals surface area contributed by atoms with E-state index >= 15 is 0 Å². The van der Waals surface area contributed by atoms with Gasteiger partial charge in [0.15, 0.2) is 11.6 Å². The molecule has 200 valence electrons. The molecular formula is C29H21F6N3O. The lowest BCUT2D eigenvalue weighted by Gasteiger charge is -2.28. The van der Waals surface area contributed by atoms with Gasteiger partial charge < -0.3 is 4.90 Å². The standard InChI is InChI=1S/C29H21F6N3O/c1-17(21-6-4-7-24(31)27(21)32)25-8-5-9-26(38(25)36-2)18-10-15-23(29(33,34)35)22(16-18)28(39)37(3)20-13-11-19(30)12-14-20/h4-16H,2H2,1,3H3/b25-17+. The van der Waals surface area contributed by atoms with Gasteiger partial charge in [-0.05, 0) is 67.1 Å². The van der Waals surface area contributed by atoms with Crippen LogP contribution in [0.3, 0.4) is 0 Å². The molecule has 1 aliphatic heterocycles. The highest BCUT2D eigenvalue weighted by atomic mass is 19.4. The van der Waals surface area contributed by atoms with Crippen LogP contribution in [0.15, 0.2) is 89.7 Å². The molecule has 0 aliphatic carbocycles. The summed E-state index contributed by atoms with van der Waals surface area (Å²) >= 11 is 0. The Morgan fingerprint density at radius 1 is 0.974 bits per heavy atom. The molecule has 0 unspecified atom stereocenters. The number of carbonyl (C=O) groups excluding carboxylic acids is 1. The van der Waals surface area contributed by atoms with Crippen LogP contribution >= 0.6 is 0 Å². The zero-order valence-corrected chi connectivity index (χ0v) is 20.7. The molecule has 4 rings (SSSR count). The van der Waals surface area contributed by atoms with Gasteiger partial charge in [0.2, 0.25) is 0 Å². The van der Waals surface area contributed by atoms with Crippen LogP contribution in [-0.2, 0) is 6.18 Å². The molecule has 0 atom stereocenters. The van der Waals surface area contributed by atoms with Crippen molar-refractivity contribution in [2.75, 3.05) is 11.9 Å². The third-order valence-electron chi connectivity index (χ3n) is 6.22. The molecule has 3 aromatic carbocycles. The Hall–Kier alpha value is -4.60. The summed E-state index contributed by atoms with van der Waals surface area (Å²) in [4.78, 5) is 14.3. The van der Waals surface area contributed by atoms with Crippen LogP contribution in [0.4, 0.5) is 32.0 Å². The minimum absolute atomic E-state index is 0.0336. The first-order valence-corrected chi connectivity index (χ1v) is 11.5. The van der Waals surface area contributed by atoms with Gasteiger partial charge in [-0.2, -0.15) is 18.3 Å². The minimum atomic E-state index is -4.85. The molecule has 4 nitrogen and oxygen atoms in total. The van der Waals surface area contributed by atoms with Crippen molar-refractivity contribution in [3.63, 3.8) is 0 Å². The Morgan fingerprint density at radius 3 is 2.31 bits per heavy atom. The monoisotopic (exact) mass is 541 g/mol. The number of halogens is 6. The van der Waals surface area contributed by atoms with E-state index in [-0.39, 0.29) is 22.5 Å². The summed E-state index contributed by atoms with van der Waals surface area (Å²) in [6.45, 7) is 5.07. The normalized spacial score (nSPS) is 14.7. The molecule has 0 fully saturated rings. The van der Waals surface area contributed by atoms with Gasteiger partial charge in [0.25, 0.3) is 5.91 Å². The van der Waals surface area contributed by atoms with E-state index in [2.05, 4.69) is 11.8 Å². The first-order valence-electron chi connectivity index (χ1n) is 11.5. The molecule has 0 spiro atoms. The quantitative estimate of drug-likeness (QED) is 0.246. The topological polar surface area (TPSA) is 35.9 Å². The number of anilines is 1. The van der Waals surface area contributed by atoms with Gasteiger partial charge >= 0.3 is 6.18 Å². The van der Waals surface area contributed by atoms with E-state index in [1.807, 2.05) is 0 Å². The van der Waals surface area contributed by atoms with Crippen LogP contribution in [0.2, 0.25) is 0 Å². The zero-order valence-electron chi connectivity index (χ0n) is 20.7. The number of hydrogen-bond donors (Lipinski definition) is 0. The number of allylic oxidation sites excluding steroid dienone is 4. The minimum Gasteiger partial charge on any atom is -0.311 e. The lowest BCUT2D eigenvalue weighted by atomic mass is 9.97. The van der Waals surface area contributed by atoms with E-state index < -0.39 is 40.7 Å². The van der Waals surface area contributed by atoms with Crippen LogP contribution in [0.5, 0.6) is 0 Å². The fourth-order valence-electron chi connectivity index (χ4n) is 4.18. The molecule has 39 heavy (non-hydrogen) atoms. The summed E-state index contributed by atoms with van der Waals surface area (Å²) in [5.41, 5.74) is -0.648. The lowest BCUT2D eigenvalue weighted by molar-refractivity contribution is -0.137. The predicted molar refractivity (Wildman–Crippen MR) is 138 cm³/mol. The van der Waals surface area contributed by atoms with E-state index in [0.29, 0.717) is 11.3 Å². The molecule has 1 aliphatic rings. The number of hydrazone groups is 1. The molecule has 0 saturated heterocycles. The Balaban J connectivity index is 1.81. The molecular weight excluding hydrogens is 520 g/mol. The molecule has 0 aromatic heterocycles. The smallest absolute Gasteiger partial charge is 0.311 e. The summed E-state index contributed by atoms with van der Waals surface area (Å²) < 4.78 is 83.4. The summed E-state index contributed by atoms with van der Waals surface area (Å²) in [7, 11) is 1.28. The average Bonchev–Trinajstić information content (AvgIpc) is 2.92. The fraction of sp³-hybridized carbons (Fsp3) is 0.103. The predicted octanol–water partition coefficient (Wildman–Crippen LogP) is 7.66. The molecule has 0 saturated carbocycles. The zero-order chi connectivity index (χ0) is 28.5. The van der Waals surface area contributed by atoms with Crippen LogP contribution in [-0.4, -0.2) is 24.7 Å². The highest BCUT2D eigenvalue weighted by Crippen LogP contribution is 2.38. The van der Waals surface area contributed by atoms with Crippen molar-refractivity contribution >= 4 is 29.6 Å². The van der Waals surface area contributed by atoms with Crippen molar-refractivity contribution in [2.45, 2.75) is 13.1 Å². The van der Waals surface area contributed by atoms with Gasteiger partial charge in [0.1, 0.15) is 5.82 Å². The molecule has 0 bridgehead atoms. The van der Waals surface area contributed by atoms with Crippen LogP contribution in [0, 0.1) is 17.5 Å². The highest BCUT2D eigenvalue weighted by Gasteiger charge is 2.37. The van der Waals surface area contributed by atoms with Crippen molar-refractivity contribution in [2.24, 2.45) is 5.10 Å². The van der Waals surface area contributed by atoms with E-state index in [1.165, 1.54) is 55.4 Å². The number of alkyl halides is 3. The van der Waals surface area contributed by atoms with Gasteiger partial charge in [-0.3, -0.25) is 4.79 Å².